The first kappa shape index (κ1) is 10.8. The molecule has 5 nitrogen and oxygen atoms in total. The lowest BCUT2D eigenvalue weighted by Crippen LogP contribution is -2.13. The van der Waals surface area contributed by atoms with Crippen LogP contribution in [0, 0.1) is 0 Å². The third-order valence-corrected chi connectivity index (χ3v) is 2.16. The molecule has 1 aromatic rings. The maximum atomic E-state index is 12.2. The van der Waals surface area contributed by atoms with E-state index in [0.717, 1.165) is 0 Å². The fourth-order valence-corrected chi connectivity index (χ4v) is 1.58. The Morgan fingerprint density at radius 1 is 1.50 bits per heavy atom. The minimum absolute atomic E-state index is 0.145. The minimum atomic E-state index is -4.34. The molecule has 0 radical (unpaired) electrons. The highest BCUT2D eigenvalue weighted by atomic mass is 19.4. The van der Waals surface area contributed by atoms with Crippen LogP contribution < -0.4 is 0 Å². The number of azide groups is 1. The first-order chi connectivity index (χ1) is 7.51. The van der Waals surface area contributed by atoms with Gasteiger partial charge in [-0.05, 0) is 11.6 Å². The van der Waals surface area contributed by atoms with Gasteiger partial charge >= 0.3 is 6.18 Å². The van der Waals surface area contributed by atoms with Gasteiger partial charge in [-0.2, -0.15) is 13.2 Å². The summed E-state index contributed by atoms with van der Waals surface area (Å²) in [5.41, 5.74) is 8.51. The predicted octanol–water partition coefficient (Wildman–Crippen LogP) is 3.61. The minimum Gasteiger partial charge on any atom is -0.466 e. The van der Waals surface area contributed by atoms with E-state index in [-0.39, 0.29) is 11.3 Å². The van der Waals surface area contributed by atoms with Gasteiger partial charge in [-0.3, -0.25) is 0 Å². The van der Waals surface area contributed by atoms with Gasteiger partial charge in [0.15, 0.2) is 6.23 Å². The van der Waals surface area contributed by atoms with E-state index in [1.54, 1.807) is 0 Å². The van der Waals surface area contributed by atoms with Crippen molar-refractivity contribution in [2.75, 3.05) is 0 Å². The van der Waals surface area contributed by atoms with E-state index in [4.69, 9.17) is 14.7 Å². The van der Waals surface area contributed by atoms with Crippen molar-refractivity contribution in [1.29, 1.82) is 0 Å². The Labute approximate surface area is 87.4 Å². The second-order valence-electron chi connectivity index (χ2n) is 3.24. The molecular formula is C8H6F3N3O2. The largest absolute Gasteiger partial charge is 0.466 e. The van der Waals surface area contributed by atoms with Crippen molar-refractivity contribution in [3.63, 3.8) is 0 Å². The van der Waals surface area contributed by atoms with Crippen molar-refractivity contribution < 1.29 is 22.3 Å². The molecule has 1 aliphatic heterocycles. The summed E-state index contributed by atoms with van der Waals surface area (Å²) in [5, 5.41) is 3.21. The molecule has 0 aliphatic carbocycles. The highest BCUT2D eigenvalue weighted by Crippen LogP contribution is 2.45. The van der Waals surface area contributed by atoms with Crippen LogP contribution in [0.1, 0.15) is 30.1 Å². The maximum absolute atomic E-state index is 12.2. The average Bonchev–Trinajstić information content (AvgIpc) is 2.69. The summed E-state index contributed by atoms with van der Waals surface area (Å²) in [7, 11) is 0. The van der Waals surface area contributed by atoms with E-state index in [0.29, 0.717) is 0 Å². The van der Waals surface area contributed by atoms with Crippen molar-refractivity contribution in [2.24, 2.45) is 5.11 Å². The summed E-state index contributed by atoms with van der Waals surface area (Å²) < 4.78 is 46.5. The van der Waals surface area contributed by atoms with E-state index in [1.807, 2.05) is 0 Å². The lowest BCUT2D eigenvalue weighted by Gasteiger charge is -2.13. The Morgan fingerprint density at radius 2 is 2.25 bits per heavy atom. The van der Waals surface area contributed by atoms with Crippen molar-refractivity contribution in [2.45, 2.75) is 24.9 Å². The lowest BCUT2D eigenvalue weighted by atomic mass is 10.1. The molecule has 0 aromatic carbocycles. The Kier molecular flexibility index (Phi) is 2.53. The summed E-state index contributed by atoms with van der Waals surface area (Å²) in [5.74, 6) is 0.145. The number of ether oxygens (including phenoxy) is 1. The van der Waals surface area contributed by atoms with Gasteiger partial charge < -0.3 is 9.15 Å². The predicted molar refractivity (Wildman–Crippen MR) is 45.1 cm³/mol. The second-order valence-corrected chi connectivity index (χ2v) is 3.24. The molecule has 8 heteroatoms. The van der Waals surface area contributed by atoms with Gasteiger partial charge in [0.05, 0.1) is 18.8 Å². The average molecular weight is 233 g/mol. The smallest absolute Gasteiger partial charge is 0.391 e. The number of fused-ring (bicyclic) bond motifs is 1. The Morgan fingerprint density at radius 3 is 2.88 bits per heavy atom. The zero-order valence-electron chi connectivity index (χ0n) is 7.81. The lowest BCUT2D eigenvalue weighted by molar-refractivity contribution is -0.164. The van der Waals surface area contributed by atoms with Crippen LogP contribution in [0.15, 0.2) is 21.9 Å². The van der Waals surface area contributed by atoms with Crippen LogP contribution in [-0.2, 0) is 4.74 Å². The number of nitrogens with zero attached hydrogens (tertiary/aromatic N) is 3. The molecule has 0 bridgehead atoms. The summed E-state index contributed by atoms with van der Waals surface area (Å²) >= 11 is 0. The number of hydrogen-bond donors (Lipinski definition) is 0. The number of furan rings is 1. The van der Waals surface area contributed by atoms with Crippen LogP contribution in [0.3, 0.4) is 0 Å². The summed E-state index contributed by atoms with van der Waals surface area (Å²) in [4.78, 5) is 2.49. The first-order valence-electron chi connectivity index (χ1n) is 4.35. The maximum Gasteiger partial charge on any atom is 0.391 e. The molecule has 0 spiro atoms. The van der Waals surface area contributed by atoms with Crippen molar-refractivity contribution in [3.05, 3.63) is 34.1 Å². The molecule has 2 atom stereocenters. The molecule has 86 valence electrons. The second kappa shape index (κ2) is 3.73. The van der Waals surface area contributed by atoms with Crippen LogP contribution in [0.2, 0.25) is 0 Å². The summed E-state index contributed by atoms with van der Waals surface area (Å²) in [6.07, 6.45) is -6.50. The normalized spacial score (nSPS) is 23.9. The summed E-state index contributed by atoms with van der Waals surface area (Å²) in [6, 6.07) is 1.39. The molecule has 0 saturated heterocycles. The topological polar surface area (TPSA) is 71.1 Å². The highest BCUT2D eigenvalue weighted by Gasteiger charge is 2.41. The van der Waals surface area contributed by atoms with Crippen molar-refractivity contribution in [3.8, 4) is 0 Å². The highest BCUT2D eigenvalue weighted by molar-refractivity contribution is 5.26. The molecule has 0 amide bonds. The fraction of sp³-hybridized carbons (Fsp3) is 0.500. The molecule has 2 rings (SSSR count). The van der Waals surface area contributed by atoms with Gasteiger partial charge in [-0.25, -0.2) is 0 Å². The molecule has 0 fully saturated rings. The number of hydrogen-bond acceptors (Lipinski definition) is 3. The third kappa shape index (κ3) is 1.98. The standard InChI is InChI=1S/C8H6F3N3O2/c9-8(10,11)3-5-4-1-2-15-6(4)7(16-5)13-14-12/h1-2,5,7H,3H2/t5-,7-/m0/s1. The van der Waals surface area contributed by atoms with E-state index < -0.39 is 24.9 Å². The molecule has 1 aromatic heterocycles. The van der Waals surface area contributed by atoms with E-state index in [2.05, 4.69) is 10.0 Å². The number of rotatable bonds is 2. The molecule has 2 heterocycles. The van der Waals surface area contributed by atoms with Gasteiger partial charge in [0.2, 0.25) is 0 Å². The van der Waals surface area contributed by atoms with Crippen LogP contribution in [0.5, 0.6) is 0 Å². The molecule has 0 saturated carbocycles. The third-order valence-electron chi connectivity index (χ3n) is 2.16. The fourth-order valence-electron chi connectivity index (χ4n) is 1.58. The quantitative estimate of drug-likeness (QED) is 0.444. The van der Waals surface area contributed by atoms with Gasteiger partial charge in [-0.15, -0.1) is 0 Å². The molecular weight excluding hydrogens is 227 g/mol. The van der Waals surface area contributed by atoms with E-state index >= 15 is 0 Å². The van der Waals surface area contributed by atoms with Gasteiger partial charge in [0.25, 0.3) is 0 Å². The number of alkyl halides is 3. The molecule has 1 aliphatic rings. The van der Waals surface area contributed by atoms with Crippen molar-refractivity contribution in [1.82, 2.24) is 0 Å². The van der Waals surface area contributed by atoms with Gasteiger partial charge in [-0.1, -0.05) is 5.11 Å². The van der Waals surface area contributed by atoms with Crippen LogP contribution in [-0.4, -0.2) is 6.18 Å². The van der Waals surface area contributed by atoms with Crippen LogP contribution >= 0.6 is 0 Å². The Bertz CT molecular complexity index is 436. The van der Waals surface area contributed by atoms with Crippen molar-refractivity contribution >= 4 is 0 Å². The van der Waals surface area contributed by atoms with Gasteiger partial charge in [0, 0.05) is 10.5 Å². The summed E-state index contributed by atoms with van der Waals surface area (Å²) in [6.45, 7) is 0. The van der Waals surface area contributed by atoms with Crippen LogP contribution in [0.4, 0.5) is 13.2 Å². The molecule has 16 heavy (non-hydrogen) atoms. The van der Waals surface area contributed by atoms with Crippen LogP contribution in [0.25, 0.3) is 10.4 Å². The monoisotopic (exact) mass is 233 g/mol. The SMILES string of the molecule is [N-]=[N+]=N[C@H]1O[C@@H](CC(F)(F)F)c2ccoc21. The van der Waals surface area contributed by atoms with E-state index in [9.17, 15) is 13.2 Å². The first-order valence-corrected chi connectivity index (χ1v) is 4.35. The van der Waals surface area contributed by atoms with Gasteiger partial charge in [0.1, 0.15) is 5.76 Å². The zero-order valence-corrected chi connectivity index (χ0v) is 7.81. The Hall–Kier alpha value is -1.66. The molecule has 0 N–H and O–H groups in total. The molecule has 0 unspecified atom stereocenters. The number of halogens is 3. The Balaban J connectivity index is 2.24. The van der Waals surface area contributed by atoms with E-state index in [1.165, 1.54) is 12.3 Å². The zero-order chi connectivity index (χ0) is 11.8.